The van der Waals surface area contributed by atoms with E-state index in [1.807, 2.05) is 39.2 Å². The van der Waals surface area contributed by atoms with Gasteiger partial charge in [0.15, 0.2) is 0 Å². The van der Waals surface area contributed by atoms with Crippen LogP contribution in [0.5, 0.6) is 0 Å². The quantitative estimate of drug-likeness (QED) is 0.393. The van der Waals surface area contributed by atoms with E-state index in [0.717, 1.165) is 48.4 Å². The lowest BCUT2D eigenvalue weighted by molar-refractivity contribution is -0.152. The first-order valence-electron chi connectivity index (χ1n) is 11.0. The molecule has 30 heavy (non-hydrogen) atoms. The predicted octanol–water partition coefficient (Wildman–Crippen LogP) is 5.22. The summed E-state index contributed by atoms with van der Waals surface area (Å²) < 4.78 is 11.7. The van der Waals surface area contributed by atoms with E-state index in [1.54, 1.807) is 11.3 Å². The molecular formula is C24H35NO4S. The van der Waals surface area contributed by atoms with Crippen molar-refractivity contribution in [3.8, 4) is 0 Å². The maximum Gasteiger partial charge on any atom is 0.309 e. The molecule has 2 aliphatic heterocycles. The van der Waals surface area contributed by atoms with E-state index in [2.05, 4.69) is 17.1 Å². The second-order valence-electron chi connectivity index (χ2n) is 9.27. The summed E-state index contributed by atoms with van der Waals surface area (Å²) in [4.78, 5) is 17.2. The first-order valence-corrected chi connectivity index (χ1v) is 11.9. The molecule has 1 aromatic heterocycles. The van der Waals surface area contributed by atoms with Crippen LogP contribution in [0.3, 0.4) is 0 Å². The van der Waals surface area contributed by atoms with Crippen molar-refractivity contribution in [2.75, 3.05) is 0 Å². The molecule has 0 unspecified atom stereocenters. The number of aromatic nitrogens is 1. The van der Waals surface area contributed by atoms with Crippen LogP contribution in [0.15, 0.2) is 23.1 Å². The number of thiazole rings is 1. The molecule has 2 aliphatic rings. The van der Waals surface area contributed by atoms with E-state index in [0.29, 0.717) is 6.42 Å². The number of hydrogen-bond donors (Lipinski definition) is 1. The number of carbonyl (C=O) groups excluding carboxylic acids is 1. The van der Waals surface area contributed by atoms with Crippen LogP contribution in [-0.2, 0) is 14.3 Å². The Hall–Kier alpha value is -1.50. The number of hydrogen-bond acceptors (Lipinski definition) is 6. The molecule has 1 saturated heterocycles. The summed E-state index contributed by atoms with van der Waals surface area (Å²) in [5.41, 5.74) is 1.52. The minimum atomic E-state index is -0.718. The summed E-state index contributed by atoms with van der Waals surface area (Å²) in [6.07, 6.45) is 11.2. The largest absolute Gasteiger partial charge is 0.458 e. The first-order chi connectivity index (χ1) is 14.2. The van der Waals surface area contributed by atoms with Crippen LogP contribution in [0.1, 0.15) is 76.4 Å². The molecule has 6 heteroatoms. The Morgan fingerprint density at radius 3 is 2.83 bits per heavy atom. The fourth-order valence-corrected chi connectivity index (χ4v) is 4.47. The summed E-state index contributed by atoms with van der Waals surface area (Å²) in [6.45, 7) is 8.01. The highest BCUT2D eigenvalue weighted by Gasteiger charge is 2.41. The summed E-state index contributed by atoms with van der Waals surface area (Å²) in [7, 11) is 0. The molecule has 5 nitrogen and oxygen atoms in total. The molecule has 0 aliphatic carbocycles. The van der Waals surface area contributed by atoms with Gasteiger partial charge < -0.3 is 14.6 Å². The second kappa shape index (κ2) is 10.2. The molecule has 0 radical (unpaired) electrons. The average Bonchev–Trinajstić information content (AvgIpc) is 3.28. The molecule has 0 spiro atoms. The summed E-state index contributed by atoms with van der Waals surface area (Å²) >= 11 is 1.60. The molecule has 0 aromatic carbocycles. The summed E-state index contributed by atoms with van der Waals surface area (Å²) in [5.74, 6) is -0.355. The normalized spacial score (nSPS) is 32.2. The Morgan fingerprint density at radius 2 is 2.10 bits per heavy atom. The lowest BCUT2D eigenvalue weighted by atomic mass is 9.80. The standard InChI is InChI=1S/C24H35NO4S/c1-16(12-18-15-30-17(2)25-18)20-13-21-19(28-21)10-8-6-5-7-9-11-24(3,4)22(26)14-23(27)29-20/h6,8,12,15,19-22,26H,5,7,9-11,13-14H2,1-4H3/b8-6+,16-12+/t19-,20+,21+,22+/m1/s1. The Balaban J connectivity index is 1.74. The van der Waals surface area contributed by atoms with Crippen molar-refractivity contribution in [1.29, 1.82) is 0 Å². The SMILES string of the molecule is C/C(=C\c1csc(C)n1)[C@@H]1C[C@@H]2O[C@@H]2C/C=C/CCCCC(C)(C)[C@@H](O)CC(=O)O1. The van der Waals surface area contributed by atoms with Gasteiger partial charge in [0, 0.05) is 11.8 Å². The number of esters is 1. The molecular weight excluding hydrogens is 398 g/mol. The van der Waals surface area contributed by atoms with Gasteiger partial charge in [-0.05, 0) is 56.6 Å². The Labute approximate surface area is 184 Å². The van der Waals surface area contributed by atoms with Gasteiger partial charge in [0.1, 0.15) is 6.10 Å². The third-order valence-electron chi connectivity index (χ3n) is 6.17. The lowest BCUT2D eigenvalue weighted by Crippen LogP contribution is -2.33. The molecule has 1 fully saturated rings. The average molecular weight is 434 g/mol. The predicted molar refractivity (Wildman–Crippen MR) is 120 cm³/mol. The van der Waals surface area contributed by atoms with E-state index in [9.17, 15) is 9.90 Å². The zero-order chi connectivity index (χ0) is 21.7. The minimum absolute atomic E-state index is 0.0153. The number of aryl methyl sites for hydroxylation is 1. The molecule has 0 bridgehead atoms. The summed E-state index contributed by atoms with van der Waals surface area (Å²) in [6, 6.07) is 0. The highest BCUT2D eigenvalue weighted by Crippen LogP contribution is 2.34. The maximum atomic E-state index is 12.7. The summed E-state index contributed by atoms with van der Waals surface area (Å²) in [5, 5.41) is 13.7. The van der Waals surface area contributed by atoms with E-state index in [1.165, 1.54) is 0 Å². The number of allylic oxidation sites excluding steroid dienone is 1. The van der Waals surface area contributed by atoms with Gasteiger partial charge in [-0.15, -0.1) is 11.3 Å². The van der Waals surface area contributed by atoms with Crippen LogP contribution < -0.4 is 0 Å². The van der Waals surface area contributed by atoms with Crippen LogP contribution in [0, 0.1) is 12.3 Å². The lowest BCUT2D eigenvalue weighted by Gasteiger charge is -2.30. The Kier molecular flexibility index (Phi) is 7.88. The molecule has 166 valence electrons. The van der Waals surface area contributed by atoms with Gasteiger partial charge in [-0.25, -0.2) is 4.98 Å². The third kappa shape index (κ3) is 6.76. The number of fused-ring (bicyclic) bond motifs is 1. The number of cyclic esters (lactones) is 1. The van der Waals surface area contributed by atoms with Gasteiger partial charge in [0.25, 0.3) is 0 Å². The van der Waals surface area contributed by atoms with Crippen molar-refractivity contribution in [3.05, 3.63) is 33.8 Å². The number of aliphatic hydroxyl groups is 1. The number of aliphatic hydroxyl groups excluding tert-OH is 1. The Morgan fingerprint density at radius 1 is 1.30 bits per heavy atom. The molecule has 0 saturated carbocycles. The van der Waals surface area contributed by atoms with E-state index in [4.69, 9.17) is 9.47 Å². The first kappa shape index (κ1) is 23.2. The molecule has 1 aromatic rings. The van der Waals surface area contributed by atoms with Crippen LogP contribution in [-0.4, -0.2) is 40.5 Å². The van der Waals surface area contributed by atoms with Crippen molar-refractivity contribution in [3.63, 3.8) is 0 Å². The zero-order valence-electron chi connectivity index (χ0n) is 18.6. The Bertz CT molecular complexity index is 782. The topological polar surface area (TPSA) is 72.0 Å². The van der Waals surface area contributed by atoms with Gasteiger partial charge in [-0.2, -0.15) is 0 Å². The van der Waals surface area contributed by atoms with Gasteiger partial charge in [0.2, 0.25) is 0 Å². The fourth-order valence-electron chi connectivity index (χ4n) is 3.90. The van der Waals surface area contributed by atoms with Gasteiger partial charge in [-0.3, -0.25) is 4.79 Å². The van der Waals surface area contributed by atoms with Crippen molar-refractivity contribution >= 4 is 23.4 Å². The number of ether oxygens (including phenoxy) is 2. The third-order valence-corrected chi connectivity index (χ3v) is 6.96. The zero-order valence-corrected chi connectivity index (χ0v) is 19.4. The van der Waals surface area contributed by atoms with Crippen molar-refractivity contribution in [2.45, 2.75) is 97.1 Å². The molecule has 3 heterocycles. The highest BCUT2D eigenvalue weighted by molar-refractivity contribution is 7.09. The van der Waals surface area contributed by atoms with Gasteiger partial charge in [-0.1, -0.05) is 32.4 Å². The van der Waals surface area contributed by atoms with Crippen molar-refractivity contribution in [2.24, 2.45) is 5.41 Å². The van der Waals surface area contributed by atoms with E-state index < -0.39 is 6.10 Å². The number of carbonyl (C=O) groups is 1. The van der Waals surface area contributed by atoms with E-state index in [-0.39, 0.29) is 36.1 Å². The van der Waals surface area contributed by atoms with Crippen LogP contribution in [0.25, 0.3) is 6.08 Å². The van der Waals surface area contributed by atoms with Crippen LogP contribution in [0.2, 0.25) is 0 Å². The molecule has 4 atom stereocenters. The number of rotatable bonds is 2. The number of epoxide rings is 1. The number of nitrogens with zero attached hydrogens (tertiary/aromatic N) is 1. The highest BCUT2D eigenvalue weighted by atomic mass is 32.1. The van der Waals surface area contributed by atoms with Crippen molar-refractivity contribution < 1.29 is 19.4 Å². The van der Waals surface area contributed by atoms with Crippen LogP contribution in [0.4, 0.5) is 0 Å². The molecule has 3 rings (SSSR count). The molecule has 0 amide bonds. The van der Waals surface area contributed by atoms with Gasteiger partial charge >= 0.3 is 5.97 Å². The van der Waals surface area contributed by atoms with Crippen LogP contribution >= 0.6 is 11.3 Å². The second-order valence-corrected chi connectivity index (χ2v) is 10.3. The smallest absolute Gasteiger partial charge is 0.309 e. The molecule has 1 N–H and O–H groups in total. The monoisotopic (exact) mass is 433 g/mol. The van der Waals surface area contributed by atoms with Crippen molar-refractivity contribution in [1.82, 2.24) is 4.98 Å². The maximum absolute atomic E-state index is 12.7. The minimum Gasteiger partial charge on any atom is -0.458 e. The van der Waals surface area contributed by atoms with E-state index >= 15 is 0 Å². The fraction of sp³-hybridized carbons (Fsp3) is 0.667. The van der Waals surface area contributed by atoms with Gasteiger partial charge in [0.05, 0.1) is 35.4 Å².